The number of allylic oxidation sites excluding steroid dienone is 3. The molecule has 0 saturated heterocycles. The summed E-state index contributed by atoms with van der Waals surface area (Å²) in [5.74, 6) is 0.591. The molecule has 144 valence electrons. The maximum atomic E-state index is 12.1. The number of benzene rings is 1. The van der Waals surface area contributed by atoms with E-state index in [2.05, 4.69) is 57.4 Å². The Kier molecular flexibility index (Phi) is 5.74. The molecule has 1 unspecified atom stereocenters. The first-order chi connectivity index (χ1) is 12.8. The molecule has 2 heteroatoms. The molecule has 0 radical (unpaired) electrons. The van der Waals surface area contributed by atoms with Gasteiger partial charge in [-0.25, -0.2) is 0 Å². The number of aryl methyl sites for hydroxylation is 2. The standard InChI is InChI=1S/C25H33NO/c1-7-8-9-10-20-11-18(5)25-21(13-20)14-23(16(2)3)26-15-22(19(6)27)17(4)12-24(25)26/h11-13,15-16,23H,4,7-10,14H2,1-3,5-6H3. The molecule has 2 heterocycles. The second-order valence-corrected chi connectivity index (χ2v) is 8.48. The molecule has 0 aromatic heterocycles. The number of fused-ring (bicyclic) bond motifs is 3. The number of hydrogen-bond acceptors (Lipinski definition) is 2. The molecule has 1 aromatic carbocycles. The number of carbonyl (C=O) groups excluding carboxylic acids is 1. The average molecular weight is 364 g/mol. The summed E-state index contributed by atoms with van der Waals surface area (Å²) in [5, 5.41) is 0. The number of rotatable bonds is 6. The van der Waals surface area contributed by atoms with Gasteiger partial charge in [0.25, 0.3) is 0 Å². The predicted octanol–water partition coefficient (Wildman–Crippen LogP) is 5.99. The van der Waals surface area contributed by atoms with Crippen LogP contribution in [0.2, 0.25) is 0 Å². The first-order valence-corrected chi connectivity index (χ1v) is 10.4. The van der Waals surface area contributed by atoms with Crippen molar-refractivity contribution in [2.24, 2.45) is 5.92 Å². The molecule has 1 atom stereocenters. The molecule has 2 aliphatic heterocycles. The number of ketones is 1. The first kappa shape index (κ1) is 19.7. The summed E-state index contributed by atoms with van der Waals surface area (Å²) in [6, 6.07) is 5.16. The monoisotopic (exact) mass is 363 g/mol. The summed E-state index contributed by atoms with van der Waals surface area (Å²) in [6.45, 7) is 14.8. The van der Waals surface area contributed by atoms with Gasteiger partial charge in [-0.05, 0) is 67.4 Å². The molecule has 2 nitrogen and oxygen atoms in total. The highest BCUT2D eigenvalue weighted by Crippen LogP contribution is 2.41. The predicted molar refractivity (Wildman–Crippen MR) is 114 cm³/mol. The van der Waals surface area contributed by atoms with Crippen molar-refractivity contribution in [3.8, 4) is 0 Å². The Bertz CT molecular complexity index is 825. The molecule has 0 bridgehead atoms. The van der Waals surface area contributed by atoms with E-state index in [0.717, 1.165) is 24.0 Å². The highest BCUT2D eigenvalue weighted by molar-refractivity contribution is 6.00. The highest BCUT2D eigenvalue weighted by atomic mass is 16.1. The van der Waals surface area contributed by atoms with Gasteiger partial charge in [0.2, 0.25) is 0 Å². The molecular formula is C25H33NO. The number of nitrogens with zero attached hydrogens (tertiary/aromatic N) is 1. The molecule has 0 spiro atoms. The second-order valence-electron chi connectivity index (χ2n) is 8.48. The zero-order valence-corrected chi connectivity index (χ0v) is 17.6. The van der Waals surface area contributed by atoms with E-state index in [1.807, 2.05) is 6.20 Å². The average Bonchev–Trinajstić information content (AvgIpc) is 2.59. The zero-order valence-electron chi connectivity index (χ0n) is 17.6. The van der Waals surface area contributed by atoms with Crippen LogP contribution in [0, 0.1) is 12.8 Å². The van der Waals surface area contributed by atoms with Crippen LogP contribution in [0.5, 0.6) is 0 Å². The molecule has 0 N–H and O–H groups in total. The van der Waals surface area contributed by atoms with Crippen LogP contribution in [0.15, 0.2) is 42.1 Å². The van der Waals surface area contributed by atoms with Crippen LogP contribution in [0.4, 0.5) is 0 Å². The zero-order chi connectivity index (χ0) is 19.7. The van der Waals surface area contributed by atoms with Crippen molar-refractivity contribution in [1.82, 2.24) is 4.90 Å². The smallest absolute Gasteiger partial charge is 0.161 e. The lowest BCUT2D eigenvalue weighted by molar-refractivity contribution is -0.113. The van der Waals surface area contributed by atoms with Gasteiger partial charge in [-0.1, -0.05) is 52.3 Å². The molecule has 0 fully saturated rings. The van der Waals surface area contributed by atoms with Gasteiger partial charge in [0.15, 0.2) is 5.78 Å². The van der Waals surface area contributed by atoms with Crippen LogP contribution in [-0.2, 0) is 17.6 Å². The summed E-state index contributed by atoms with van der Waals surface area (Å²) < 4.78 is 0. The quantitative estimate of drug-likeness (QED) is 0.578. The summed E-state index contributed by atoms with van der Waals surface area (Å²) >= 11 is 0. The summed E-state index contributed by atoms with van der Waals surface area (Å²) in [6.07, 6.45) is 10.2. The van der Waals surface area contributed by atoms with Gasteiger partial charge in [0, 0.05) is 29.1 Å². The molecule has 27 heavy (non-hydrogen) atoms. The Morgan fingerprint density at radius 1 is 1.30 bits per heavy atom. The molecule has 0 amide bonds. The van der Waals surface area contributed by atoms with Gasteiger partial charge in [0.1, 0.15) is 0 Å². The fourth-order valence-corrected chi connectivity index (χ4v) is 4.47. The highest BCUT2D eigenvalue weighted by Gasteiger charge is 2.34. The van der Waals surface area contributed by atoms with E-state index in [1.165, 1.54) is 47.2 Å². The van der Waals surface area contributed by atoms with Gasteiger partial charge in [-0.15, -0.1) is 0 Å². The van der Waals surface area contributed by atoms with Crippen molar-refractivity contribution in [2.45, 2.75) is 72.8 Å². The lowest BCUT2D eigenvalue weighted by Gasteiger charge is -2.43. The van der Waals surface area contributed by atoms with Crippen molar-refractivity contribution < 1.29 is 4.79 Å². The topological polar surface area (TPSA) is 20.3 Å². The number of unbranched alkanes of at least 4 members (excludes halogenated alkanes) is 2. The minimum atomic E-state index is 0.0894. The Morgan fingerprint density at radius 3 is 2.67 bits per heavy atom. The van der Waals surface area contributed by atoms with Crippen LogP contribution in [0.3, 0.4) is 0 Å². The Balaban J connectivity index is 2.06. The van der Waals surface area contributed by atoms with Gasteiger partial charge < -0.3 is 4.90 Å². The normalized spacial score (nSPS) is 18.8. The van der Waals surface area contributed by atoms with Crippen LogP contribution in [0.1, 0.15) is 69.2 Å². The maximum absolute atomic E-state index is 12.1. The molecule has 1 aromatic rings. The van der Waals surface area contributed by atoms with E-state index in [-0.39, 0.29) is 5.78 Å². The van der Waals surface area contributed by atoms with E-state index >= 15 is 0 Å². The number of hydrogen-bond donors (Lipinski definition) is 0. The van der Waals surface area contributed by atoms with Gasteiger partial charge in [-0.3, -0.25) is 4.79 Å². The Hall–Kier alpha value is -2.09. The van der Waals surface area contributed by atoms with E-state index < -0.39 is 0 Å². The van der Waals surface area contributed by atoms with Crippen LogP contribution in [0.25, 0.3) is 5.70 Å². The lowest BCUT2D eigenvalue weighted by Crippen LogP contribution is -2.41. The third kappa shape index (κ3) is 3.81. The van der Waals surface area contributed by atoms with Crippen molar-refractivity contribution in [2.75, 3.05) is 0 Å². The number of carbonyl (C=O) groups is 1. The van der Waals surface area contributed by atoms with E-state index in [1.54, 1.807) is 6.92 Å². The molecular weight excluding hydrogens is 330 g/mol. The molecule has 0 saturated carbocycles. The summed E-state index contributed by atoms with van der Waals surface area (Å²) in [7, 11) is 0. The van der Waals surface area contributed by atoms with Crippen LogP contribution < -0.4 is 0 Å². The van der Waals surface area contributed by atoms with Crippen molar-refractivity contribution in [3.63, 3.8) is 0 Å². The Morgan fingerprint density at radius 2 is 2.04 bits per heavy atom. The lowest BCUT2D eigenvalue weighted by atomic mass is 9.81. The van der Waals surface area contributed by atoms with Crippen LogP contribution >= 0.6 is 0 Å². The second kappa shape index (κ2) is 7.88. The van der Waals surface area contributed by atoms with Gasteiger partial charge in [0.05, 0.1) is 0 Å². The fraction of sp³-hybridized carbons (Fsp3) is 0.480. The van der Waals surface area contributed by atoms with E-state index in [9.17, 15) is 4.79 Å². The maximum Gasteiger partial charge on any atom is 0.161 e. The summed E-state index contributed by atoms with van der Waals surface area (Å²) in [5.41, 5.74) is 8.37. The third-order valence-electron chi connectivity index (χ3n) is 5.94. The minimum Gasteiger partial charge on any atom is -0.343 e. The molecule has 3 rings (SSSR count). The van der Waals surface area contributed by atoms with Gasteiger partial charge in [-0.2, -0.15) is 0 Å². The van der Waals surface area contributed by atoms with Crippen molar-refractivity contribution in [3.05, 3.63) is 64.4 Å². The largest absolute Gasteiger partial charge is 0.343 e. The third-order valence-corrected chi connectivity index (χ3v) is 5.94. The van der Waals surface area contributed by atoms with Crippen molar-refractivity contribution >= 4 is 11.5 Å². The fourth-order valence-electron chi connectivity index (χ4n) is 4.47. The number of Topliss-reactive ketones (excluding diaryl/α,β-unsaturated/α-hetero) is 1. The van der Waals surface area contributed by atoms with E-state index in [0.29, 0.717) is 12.0 Å². The first-order valence-electron chi connectivity index (χ1n) is 10.4. The van der Waals surface area contributed by atoms with E-state index in [4.69, 9.17) is 0 Å². The van der Waals surface area contributed by atoms with Crippen LogP contribution in [-0.4, -0.2) is 16.7 Å². The minimum absolute atomic E-state index is 0.0894. The molecule has 0 aliphatic carbocycles. The summed E-state index contributed by atoms with van der Waals surface area (Å²) in [4.78, 5) is 14.4. The van der Waals surface area contributed by atoms with Gasteiger partial charge >= 0.3 is 0 Å². The SMILES string of the molecule is C=C1C=C2c3c(C)cc(CCCCC)cc3CC(C(C)C)N2C=C1C(C)=O. The van der Waals surface area contributed by atoms with Crippen molar-refractivity contribution in [1.29, 1.82) is 0 Å². The molecule has 2 aliphatic rings. The Labute approximate surface area is 164 Å².